The maximum absolute atomic E-state index is 12.7. The van der Waals surface area contributed by atoms with Gasteiger partial charge >= 0.3 is 5.97 Å². The average molecular weight is 324 g/mol. The lowest BCUT2D eigenvalue weighted by molar-refractivity contribution is 0.0728. The normalized spacial score (nSPS) is 12.1. The highest BCUT2D eigenvalue weighted by molar-refractivity contribution is 5.91. The molecule has 0 amide bonds. The van der Waals surface area contributed by atoms with E-state index in [4.69, 9.17) is 4.74 Å². The molecule has 0 saturated heterocycles. The van der Waals surface area contributed by atoms with Crippen molar-refractivity contribution in [3.63, 3.8) is 0 Å². The average Bonchev–Trinajstić information content (AvgIpc) is 2.45. The second-order valence-corrected chi connectivity index (χ2v) is 8.44. The minimum absolute atomic E-state index is 0.108. The first kappa shape index (κ1) is 18.3. The Morgan fingerprint density at radius 2 is 1.33 bits per heavy atom. The lowest BCUT2D eigenvalue weighted by Gasteiger charge is -2.29. The third-order valence-corrected chi connectivity index (χ3v) is 4.08. The molecule has 2 aromatic rings. The Hall–Kier alpha value is -2.09. The van der Waals surface area contributed by atoms with Gasteiger partial charge in [-0.3, -0.25) is 0 Å². The highest BCUT2D eigenvalue weighted by atomic mass is 16.5. The minimum atomic E-state index is -0.305. The molecule has 128 valence electrons. The van der Waals surface area contributed by atoms with Crippen molar-refractivity contribution in [1.82, 2.24) is 0 Å². The molecule has 0 atom stereocenters. The Morgan fingerprint density at radius 1 is 0.833 bits per heavy atom. The number of benzene rings is 2. The van der Waals surface area contributed by atoms with E-state index in [1.165, 1.54) is 0 Å². The summed E-state index contributed by atoms with van der Waals surface area (Å²) in [5.74, 6) is 0.393. The summed E-state index contributed by atoms with van der Waals surface area (Å²) in [5.41, 5.74) is 3.52. The molecular formula is C22H28O2. The number of carbonyl (C=O) groups excluding carboxylic acids is 1. The van der Waals surface area contributed by atoms with Crippen molar-refractivity contribution in [2.45, 2.75) is 59.3 Å². The molecule has 2 rings (SSSR count). The standard InChI is InChI=1S/C22H28O2/c1-15-10-8-11-16(14-15)20(23)24-19-17(21(2,3)4)12-9-13-18(19)22(5,6)7/h8-14H,1-7H3. The number of esters is 1. The highest BCUT2D eigenvalue weighted by Gasteiger charge is 2.28. The molecule has 0 bridgehead atoms. The van der Waals surface area contributed by atoms with Gasteiger partial charge in [-0.05, 0) is 29.9 Å². The van der Waals surface area contributed by atoms with E-state index in [9.17, 15) is 4.79 Å². The van der Waals surface area contributed by atoms with Crippen molar-refractivity contribution in [2.24, 2.45) is 0 Å². The van der Waals surface area contributed by atoms with Gasteiger partial charge in [0, 0.05) is 11.1 Å². The number of carbonyl (C=O) groups is 1. The largest absolute Gasteiger partial charge is 0.422 e. The van der Waals surface area contributed by atoms with Crippen molar-refractivity contribution in [1.29, 1.82) is 0 Å². The van der Waals surface area contributed by atoms with Gasteiger partial charge in [0.05, 0.1) is 5.56 Å². The van der Waals surface area contributed by atoms with Gasteiger partial charge in [-0.15, -0.1) is 0 Å². The van der Waals surface area contributed by atoms with Gasteiger partial charge in [0.2, 0.25) is 0 Å². The third kappa shape index (κ3) is 4.05. The quantitative estimate of drug-likeness (QED) is 0.515. The van der Waals surface area contributed by atoms with Crippen LogP contribution in [0.5, 0.6) is 5.75 Å². The van der Waals surface area contributed by atoms with Gasteiger partial charge < -0.3 is 4.74 Å². The van der Waals surface area contributed by atoms with E-state index >= 15 is 0 Å². The maximum Gasteiger partial charge on any atom is 0.343 e. The molecule has 2 heteroatoms. The predicted molar refractivity (Wildman–Crippen MR) is 100.0 cm³/mol. The SMILES string of the molecule is Cc1cccc(C(=O)Oc2c(C(C)(C)C)cccc2C(C)(C)C)c1. The van der Waals surface area contributed by atoms with Gasteiger partial charge in [0.1, 0.15) is 5.75 Å². The van der Waals surface area contributed by atoms with Gasteiger partial charge in [-0.1, -0.05) is 77.4 Å². The summed E-state index contributed by atoms with van der Waals surface area (Å²) in [6.07, 6.45) is 0. The molecule has 24 heavy (non-hydrogen) atoms. The van der Waals surface area contributed by atoms with Gasteiger partial charge in [0.25, 0.3) is 0 Å². The number of hydrogen-bond acceptors (Lipinski definition) is 2. The smallest absolute Gasteiger partial charge is 0.343 e. The maximum atomic E-state index is 12.7. The first-order valence-corrected chi connectivity index (χ1v) is 8.43. The van der Waals surface area contributed by atoms with Crippen molar-refractivity contribution in [2.75, 3.05) is 0 Å². The molecule has 2 nitrogen and oxygen atoms in total. The van der Waals surface area contributed by atoms with Crippen LogP contribution in [0.15, 0.2) is 42.5 Å². The van der Waals surface area contributed by atoms with Gasteiger partial charge in [0.15, 0.2) is 0 Å². The minimum Gasteiger partial charge on any atom is -0.422 e. The Labute approximate surface area is 145 Å². The fourth-order valence-corrected chi connectivity index (χ4v) is 2.75. The Bertz CT molecular complexity index is 711. The van der Waals surface area contributed by atoms with E-state index in [1.54, 1.807) is 6.07 Å². The molecule has 0 N–H and O–H groups in total. The van der Waals surface area contributed by atoms with Crippen LogP contribution in [0.25, 0.3) is 0 Å². The van der Waals surface area contributed by atoms with E-state index < -0.39 is 0 Å². The van der Waals surface area contributed by atoms with Crippen LogP contribution in [0.3, 0.4) is 0 Å². The van der Waals surface area contributed by atoms with E-state index in [0.717, 1.165) is 16.7 Å². The lowest BCUT2D eigenvalue weighted by Crippen LogP contribution is -2.21. The molecule has 0 unspecified atom stereocenters. The topological polar surface area (TPSA) is 26.3 Å². The number of para-hydroxylation sites is 1. The highest BCUT2D eigenvalue weighted by Crippen LogP contribution is 2.39. The third-order valence-electron chi connectivity index (χ3n) is 4.08. The van der Waals surface area contributed by atoms with E-state index in [0.29, 0.717) is 11.3 Å². The number of rotatable bonds is 2. The Morgan fingerprint density at radius 3 is 1.79 bits per heavy atom. The Balaban J connectivity index is 2.53. The number of ether oxygens (including phenoxy) is 1. The first-order chi connectivity index (χ1) is 11.0. The molecule has 0 aliphatic carbocycles. The zero-order valence-electron chi connectivity index (χ0n) is 15.9. The summed E-state index contributed by atoms with van der Waals surface area (Å²) in [4.78, 5) is 12.7. The molecule has 0 heterocycles. The number of aryl methyl sites for hydroxylation is 1. The monoisotopic (exact) mass is 324 g/mol. The van der Waals surface area contributed by atoms with Crippen LogP contribution in [-0.2, 0) is 10.8 Å². The molecule has 0 saturated carbocycles. The summed E-state index contributed by atoms with van der Waals surface area (Å²) < 4.78 is 5.93. The molecule has 0 fully saturated rings. The van der Waals surface area contributed by atoms with Crippen LogP contribution >= 0.6 is 0 Å². The summed E-state index contributed by atoms with van der Waals surface area (Å²) >= 11 is 0. The lowest BCUT2D eigenvalue weighted by atomic mass is 9.79. The zero-order chi connectivity index (χ0) is 18.1. The summed E-state index contributed by atoms with van der Waals surface area (Å²) in [6, 6.07) is 13.7. The van der Waals surface area contributed by atoms with Gasteiger partial charge in [-0.25, -0.2) is 4.79 Å². The van der Waals surface area contributed by atoms with Crippen molar-refractivity contribution in [3.05, 3.63) is 64.7 Å². The number of hydrogen-bond donors (Lipinski definition) is 0. The van der Waals surface area contributed by atoms with Crippen LogP contribution < -0.4 is 4.74 Å². The fourth-order valence-electron chi connectivity index (χ4n) is 2.75. The molecule has 2 aromatic carbocycles. The van der Waals surface area contributed by atoms with Crippen LogP contribution in [0, 0.1) is 6.92 Å². The van der Waals surface area contributed by atoms with Crippen LogP contribution in [0.4, 0.5) is 0 Å². The summed E-state index contributed by atoms with van der Waals surface area (Å²) in [5, 5.41) is 0. The van der Waals surface area contributed by atoms with Crippen LogP contribution in [0.2, 0.25) is 0 Å². The molecule has 0 aliphatic rings. The van der Waals surface area contributed by atoms with Crippen molar-refractivity contribution >= 4 is 5.97 Å². The Kier molecular flexibility index (Phi) is 4.89. The van der Waals surface area contributed by atoms with E-state index in [-0.39, 0.29) is 16.8 Å². The van der Waals surface area contributed by atoms with E-state index in [2.05, 4.69) is 41.5 Å². The molecule has 0 aromatic heterocycles. The molecule has 0 radical (unpaired) electrons. The zero-order valence-corrected chi connectivity index (χ0v) is 15.9. The van der Waals surface area contributed by atoms with E-state index in [1.807, 2.05) is 43.3 Å². The van der Waals surface area contributed by atoms with Crippen molar-refractivity contribution in [3.8, 4) is 5.75 Å². The summed E-state index contributed by atoms with van der Waals surface area (Å²) in [7, 11) is 0. The fraction of sp³-hybridized carbons (Fsp3) is 0.409. The summed E-state index contributed by atoms with van der Waals surface area (Å²) in [6.45, 7) is 14.8. The molecule has 0 aliphatic heterocycles. The van der Waals surface area contributed by atoms with Crippen molar-refractivity contribution < 1.29 is 9.53 Å². The van der Waals surface area contributed by atoms with Gasteiger partial charge in [-0.2, -0.15) is 0 Å². The molecular weight excluding hydrogens is 296 g/mol. The second-order valence-electron chi connectivity index (χ2n) is 8.44. The molecule has 0 spiro atoms. The first-order valence-electron chi connectivity index (χ1n) is 8.43. The van der Waals surface area contributed by atoms with Crippen LogP contribution in [-0.4, -0.2) is 5.97 Å². The predicted octanol–water partition coefficient (Wildman–Crippen LogP) is 5.81. The van der Waals surface area contributed by atoms with Crippen LogP contribution in [0.1, 0.15) is 68.6 Å². The second kappa shape index (κ2) is 6.43.